The van der Waals surface area contributed by atoms with Crippen LogP contribution >= 0.6 is 0 Å². The fourth-order valence-corrected chi connectivity index (χ4v) is 2.46. The van der Waals surface area contributed by atoms with Crippen LogP contribution in [0.5, 0.6) is 0 Å². The Kier molecular flexibility index (Phi) is 6.07. The Morgan fingerprint density at radius 3 is 2.50 bits per heavy atom. The van der Waals surface area contributed by atoms with Crippen molar-refractivity contribution in [3.63, 3.8) is 0 Å². The number of likely N-dealkylation sites (N-methyl/N-ethyl adjacent to an activating group) is 1. The van der Waals surface area contributed by atoms with Gasteiger partial charge in [0.2, 0.25) is 0 Å². The molecule has 0 aromatic rings. The van der Waals surface area contributed by atoms with Crippen molar-refractivity contribution in [2.45, 2.75) is 58.5 Å². The molecule has 0 heterocycles. The quantitative estimate of drug-likeness (QED) is 0.669. The van der Waals surface area contributed by atoms with Crippen molar-refractivity contribution < 1.29 is 0 Å². The monoisotopic (exact) mass is 224 g/mol. The minimum Gasteiger partial charge on any atom is -0.311 e. The Bertz CT molecular complexity index is 205. The van der Waals surface area contributed by atoms with Gasteiger partial charge in [-0.25, -0.2) is 0 Å². The van der Waals surface area contributed by atoms with E-state index in [1.807, 2.05) is 0 Å². The van der Waals surface area contributed by atoms with Gasteiger partial charge in [-0.1, -0.05) is 40.2 Å². The van der Waals surface area contributed by atoms with Crippen LogP contribution < -0.4 is 5.32 Å². The van der Waals surface area contributed by atoms with Gasteiger partial charge >= 0.3 is 0 Å². The standard InChI is InChI=1S/C14H28N2/c1-5-16(14-8-6-7-9-14)11-13(4)10-15-12(2)3/h12,14-15H,4-11H2,1-3H3. The van der Waals surface area contributed by atoms with Gasteiger partial charge in [0, 0.05) is 25.2 Å². The van der Waals surface area contributed by atoms with Gasteiger partial charge in [-0.15, -0.1) is 0 Å². The zero-order chi connectivity index (χ0) is 12.0. The van der Waals surface area contributed by atoms with Crippen molar-refractivity contribution in [3.05, 3.63) is 12.2 Å². The minimum absolute atomic E-state index is 0.554. The summed E-state index contributed by atoms with van der Waals surface area (Å²) in [5.41, 5.74) is 1.32. The molecule has 0 saturated heterocycles. The molecule has 0 spiro atoms. The largest absolute Gasteiger partial charge is 0.311 e. The molecule has 1 fully saturated rings. The lowest BCUT2D eigenvalue weighted by Crippen LogP contribution is -2.37. The second-order valence-electron chi connectivity index (χ2n) is 5.29. The fraction of sp³-hybridized carbons (Fsp3) is 0.857. The van der Waals surface area contributed by atoms with Gasteiger partial charge < -0.3 is 5.32 Å². The molecule has 0 aromatic heterocycles. The van der Waals surface area contributed by atoms with Crippen LogP contribution in [0.4, 0.5) is 0 Å². The molecule has 1 aliphatic carbocycles. The highest BCUT2D eigenvalue weighted by molar-refractivity contribution is 5.01. The highest BCUT2D eigenvalue weighted by Crippen LogP contribution is 2.23. The van der Waals surface area contributed by atoms with Gasteiger partial charge in [0.25, 0.3) is 0 Å². The van der Waals surface area contributed by atoms with Crippen molar-refractivity contribution in [1.29, 1.82) is 0 Å². The lowest BCUT2D eigenvalue weighted by Gasteiger charge is -2.28. The molecule has 1 rings (SSSR count). The van der Waals surface area contributed by atoms with Crippen molar-refractivity contribution in [3.8, 4) is 0 Å². The summed E-state index contributed by atoms with van der Waals surface area (Å²) < 4.78 is 0. The van der Waals surface area contributed by atoms with Crippen molar-refractivity contribution in [1.82, 2.24) is 10.2 Å². The van der Waals surface area contributed by atoms with Crippen LogP contribution in [-0.4, -0.2) is 36.6 Å². The number of hydrogen-bond acceptors (Lipinski definition) is 2. The molecule has 0 radical (unpaired) electrons. The van der Waals surface area contributed by atoms with E-state index in [1.54, 1.807) is 0 Å². The van der Waals surface area contributed by atoms with Crippen LogP contribution in [0.3, 0.4) is 0 Å². The molecular formula is C14H28N2. The van der Waals surface area contributed by atoms with E-state index in [0.29, 0.717) is 6.04 Å². The summed E-state index contributed by atoms with van der Waals surface area (Å²) in [4.78, 5) is 2.59. The van der Waals surface area contributed by atoms with E-state index >= 15 is 0 Å². The van der Waals surface area contributed by atoms with Crippen LogP contribution in [0.2, 0.25) is 0 Å². The van der Waals surface area contributed by atoms with Crippen molar-refractivity contribution in [2.75, 3.05) is 19.6 Å². The third-order valence-corrected chi connectivity index (χ3v) is 3.43. The Balaban J connectivity index is 2.28. The molecule has 2 nitrogen and oxygen atoms in total. The number of nitrogens with one attached hydrogen (secondary N) is 1. The third-order valence-electron chi connectivity index (χ3n) is 3.43. The first-order valence-corrected chi connectivity index (χ1v) is 6.77. The number of nitrogens with zero attached hydrogens (tertiary/aromatic N) is 1. The molecule has 0 unspecified atom stereocenters. The molecule has 0 aliphatic heterocycles. The minimum atomic E-state index is 0.554. The summed E-state index contributed by atoms with van der Waals surface area (Å²) in [6.07, 6.45) is 5.60. The van der Waals surface area contributed by atoms with E-state index < -0.39 is 0 Å². The van der Waals surface area contributed by atoms with Crippen LogP contribution in [0.1, 0.15) is 46.5 Å². The second kappa shape index (κ2) is 7.08. The molecule has 1 saturated carbocycles. The van der Waals surface area contributed by atoms with E-state index in [0.717, 1.165) is 25.7 Å². The molecule has 1 aliphatic rings. The smallest absolute Gasteiger partial charge is 0.0205 e. The molecule has 0 atom stereocenters. The van der Waals surface area contributed by atoms with E-state index in [2.05, 4.69) is 37.6 Å². The topological polar surface area (TPSA) is 15.3 Å². The Morgan fingerprint density at radius 1 is 1.38 bits per heavy atom. The summed E-state index contributed by atoms with van der Waals surface area (Å²) in [5, 5.41) is 3.44. The maximum atomic E-state index is 4.18. The van der Waals surface area contributed by atoms with Gasteiger partial charge in [-0.3, -0.25) is 4.90 Å². The van der Waals surface area contributed by atoms with E-state index in [4.69, 9.17) is 0 Å². The average molecular weight is 224 g/mol. The highest BCUT2D eigenvalue weighted by Gasteiger charge is 2.21. The predicted octanol–water partition coefficient (Wildman–Crippen LogP) is 2.81. The molecule has 94 valence electrons. The number of rotatable bonds is 7. The first-order chi connectivity index (χ1) is 7.63. The highest BCUT2D eigenvalue weighted by atomic mass is 15.2. The summed E-state index contributed by atoms with van der Waals surface area (Å²) in [6, 6.07) is 1.37. The molecule has 16 heavy (non-hydrogen) atoms. The first kappa shape index (κ1) is 13.7. The predicted molar refractivity (Wildman–Crippen MR) is 71.8 cm³/mol. The normalized spacial score (nSPS) is 17.6. The van der Waals surface area contributed by atoms with Crippen molar-refractivity contribution in [2.24, 2.45) is 0 Å². The lowest BCUT2D eigenvalue weighted by atomic mass is 10.1. The van der Waals surface area contributed by atoms with Gasteiger partial charge in [0.15, 0.2) is 0 Å². The summed E-state index contributed by atoms with van der Waals surface area (Å²) in [5.74, 6) is 0. The lowest BCUT2D eigenvalue weighted by molar-refractivity contribution is 0.225. The zero-order valence-electron chi connectivity index (χ0n) is 11.3. The number of hydrogen-bond donors (Lipinski definition) is 1. The maximum absolute atomic E-state index is 4.18. The van der Waals surface area contributed by atoms with Crippen LogP contribution in [0, 0.1) is 0 Å². The van der Waals surface area contributed by atoms with E-state index in [9.17, 15) is 0 Å². The van der Waals surface area contributed by atoms with Crippen molar-refractivity contribution >= 4 is 0 Å². The Labute approximate surface area is 101 Å². The summed E-state index contributed by atoms with van der Waals surface area (Å²) in [7, 11) is 0. The third kappa shape index (κ3) is 4.67. The van der Waals surface area contributed by atoms with Gasteiger partial charge in [-0.05, 0) is 25.0 Å². The summed E-state index contributed by atoms with van der Waals surface area (Å²) >= 11 is 0. The van der Waals surface area contributed by atoms with Crippen LogP contribution in [0.15, 0.2) is 12.2 Å². The second-order valence-corrected chi connectivity index (χ2v) is 5.29. The van der Waals surface area contributed by atoms with Gasteiger partial charge in [0.05, 0.1) is 0 Å². The maximum Gasteiger partial charge on any atom is 0.0205 e. The van der Waals surface area contributed by atoms with Crippen LogP contribution in [0.25, 0.3) is 0 Å². The molecule has 0 bridgehead atoms. The molecule has 2 heteroatoms. The molecule has 1 N–H and O–H groups in total. The Hall–Kier alpha value is -0.340. The van der Waals surface area contributed by atoms with E-state index in [-0.39, 0.29) is 0 Å². The average Bonchev–Trinajstić information content (AvgIpc) is 2.76. The first-order valence-electron chi connectivity index (χ1n) is 6.77. The van der Waals surface area contributed by atoms with Gasteiger partial charge in [-0.2, -0.15) is 0 Å². The van der Waals surface area contributed by atoms with Gasteiger partial charge in [0.1, 0.15) is 0 Å². The fourth-order valence-electron chi connectivity index (χ4n) is 2.46. The molecule has 0 aromatic carbocycles. The molecular weight excluding hydrogens is 196 g/mol. The van der Waals surface area contributed by atoms with Crippen LogP contribution in [-0.2, 0) is 0 Å². The Morgan fingerprint density at radius 2 is 2.00 bits per heavy atom. The zero-order valence-corrected chi connectivity index (χ0v) is 11.3. The SMILES string of the molecule is C=C(CNC(C)C)CN(CC)C1CCCC1. The van der Waals surface area contributed by atoms with E-state index in [1.165, 1.54) is 31.3 Å². The molecule has 0 amide bonds. The summed E-state index contributed by atoms with van der Waals surface area (Å²) in [6.45, 7) is 14.0.